The van der Waals surface area contributed by atoms with E-state index in [1.165, 1.54) is 0 Å². The molecule has 3 amide bonds. The smallest absolute Gasteiger partial charge is 0.328 e. The third-order valence-corrected chi connectivity index (χ3v) is 4.62. The van der Waals surface area contributed by atoms with Crippen molar-refractivity contribution in [3.63, 3.8) is 0 Å². The summed E-state index contributed by atoms with van der Waals surface area (Å²) in [4.78, 5) is 48.2. The molecule has 0 aromatic rings. The second-order valence-corrected chi connectivity index (χ2v) is 7.77. The van der Waals surface area contributed by atoms with E-state index in [4.69, 9.17) is 21.7 Å². The number of carboxylic acids is 1. The van der Waals surface area contributed by atoms with Crippen LogP contribution in [0.1, 0.15) is 39.5 Å². The quantitative estimate of drug-likeness (QED) is 0.103. The van der Waals surface area contributed by atoms with Crippen LogP contribution in [0.15, 0.2) is 0 Å². The minimum Gasteiger partial charge on any atom is -0.480 e. The molecule has 0 aliphatic heterocycles. The SMILES string of the molecule is CC(C)CC(NC(=O)C(N)CCCCN)C(=O)NC(CS)C(=O)NC(CO)C(=O)O. The van der Waals surface area contributed by atoms with Crippen LogP contribution in [-0.4, -0.2) is 77.0 Å². The molecule has 0 aromatic heterocycles. The van der Waals surface area contributed by atoms with Gasteiger partial charge in [0.25, 0.3) is 0 Å². The lowest BCUT2D eigenvalue weighted by Crippen LogP contribution is -2.58. The topological polar surface area (TPSA) is 197 Å². The summed E-state index contributed by atoms with van der Waals surface area (Å²) >= 11 is 4.02. The minimum atomic E-state index is -1.51. The van der Waals surface area contributed by atoms with Crippen molar-refractivity contribution in [1.29, 1.82) is 0 Å². The van der Waals surface area contributed by atoms with Crippen molar-refractivity contribution in [3.05, 3.63) is 0 Å². The monoisotopic (exact) mass is 449 g/mol. The number of aliphatic hydroxyl groups is 1. The van der Waals surface area contributed by atoms with Gasteiger partial charge in [0.15, 0.2) is 0 Å². The molecule has 0 heterocycles. The normalized spacial score (nSPS) is 15.0. The van der Waals surface area contributed by atoms with Gasteiger partial charge in [0.05, 0.1) is 12.6 Å². The van der Waals surface area contributed by atoms with E-state index in [2.05, 4.69) is 28.6 Å². The second kappa shape index (κ2) is 15.0. The number of amides is 3. The number of carbonyl (C=O) groups is 4. The Bertz CT molecular complexity index is 577. The van der Waals surface area contributed by atoms with Crippen LogP contribution in [0.4, 0.5) is 0 Å². The van der Waals surface area contributed by atoms with E-state index in [-0.39, 0.29) is 11.7 Å². The minimum absolute atomic E-state index is 0.0589. The molecule has 0 aliphatic rings. The molecule has 12 heteroatoms. The van der Waals surface area contributed by atoms with Gasteiger partial charge in [0, 0.05) is 5.75 Å². The van der Waals surface area contributed by atoms with E-state index in [9.17, 15) is 19.2 Å². The molecule has 0 fully saturated rings. The van der Waals surface area contributed by atoms with E-state index in [0.29, 0.717) is 25.8 Å². The summed E-state index contributed by atoms with van der Waals surface area (Å²) in [6.45, 7) is 3.44. The number of nitrogens with one attached hydrogen (secondary N) is 3. The van der Waals surface area contributed by atoms with Gasteiger partial charge in [-0.3, -0.25) is 14.4 Å². The van der Waals surface area contributed by atoms with Crippen molar-refractivity contribution in [1.82, 2.24) is 16.0 Å². The van der Waals surface area contributed by atoms with Crippen LogP contribution >= 0.6 is 12.6 Å². The van der Waals surface area contributed by atoms with Gasteiger partial charge >= 0.3 is 5.97 Å². The fraction of sp³-hybridized carbons (Fsp3) is 0.778. The number of aliphatic hydroxyl groups excluding tert-OH is 1. The van der Waals surface area contributed by atoms with Crippen LogP contribution in [0.25, 0.3) is 0 Å². The maximum absolute atomic E-state index is 12.7. The molecule has 9 N–H and O–H groups in total. The highest BCUT2D eigenvalue weighted by Crippen LogP contribution is 2.07. The molecule has 0 aromatic carbocycles. The fourth-order valence-electron chi connectivity index (χ4n) is 2.55. The summed E-state index contributed by atoms with van der Waals surface area (Å²) in [5.74, 6) is -3.38. The van der Waals surface area contributed by atoms with Gasteiger partial charge in [-0.1, -0.05) is 20.3 Å². The summed E-state index contributed by atoms with van der Waals surface area (Å²) in [7, 11) is 0. The highest BCUT2D eigenvalue weighted by Gasteiger charge is 2.29. The Labute approximate surface area is 182 Å². The van der Waals surface area contributed by atoms with Gasteiger partial charge in [-0.25, -0.2) is 4.79 Å². The average molecular weight is 450 g/mol. The number of aliphatic carboxylic acids is 1. The summed E-state index contributed by atoms with van der Waals surface area (Å²) in [5, 5.41) is 25.2. The maximum Gasteiger partial charge on any atom is 0.328 e. The first-order chi connectivity index (χ1) is 14.1. The molecule has 0 radical (unpaired) electrons. The number of thiol groups is 1. The average Bonchev–Trinajstić information content (AvgIpc) is 2.68. The highest BCUT2D eigenvalue weighted by atomic mass is 32.1. The Morgan fingerprint density at radius 1 is 0.933 bits per heavy atom. The van der Waals surface area contributed by atoms with Gasteiger partial charge in [-0.05, 0) is 31.7 Å². The van der Waals surface area contributed by atoms with Crippen molar-refractivity contribution in [2.45, 2.75) is 63.7 Å². The molecule has 174 valence electrons. The highest BCUT2D eigenvalue weighted by molar-refractivity contribution is 7.80. The fourth-order valence-corrected chi connectivity index (χ4v) is 2.80. The van der Waals surface area contributed by atoms with Crippen LogP contribution < -0.4 is 27.4 Å². The van der Waals surface area contributed by atoms with Crippen molar-refractivity contribution < 1.29 is 29.4 Å². The van der Waals surface area contributed by atoms with Gasteiger partial charge in [-0.15, -0.1) is 0 Å². The number of unbranched alkanes of at least 4 members (excludes halogenated alkanes) is 1. The lowest BCUT2D eigenvalue weighted by Gasteiger charge is -2.25. The van der Waals surface area contributed by atoms with Gasteiger partial charge in [0.2, 0.25) is 17.7 Å². The van der Waals surface area contributed by atoms with E-state index in [1.54, 1.807) is 0 Å². The van der Waals surface area contributed by atoms with Crippen molar-refractivity contribution in [2.24, 2.45) is 17.4 Å². The van der Waals surface area contributed by atoms with E-state index >= 15 is 0 Å². The molecule has 0 spiro atoms. The predicted octanol–water partition coefficient (Wildman–Crippen LogP) is -2.05. The Kier molecular flexibility index (Phi) is 14.0. The summed E-state index contributed by atoms with van der Waals surface area (Å²) < 4.78 is 0. The Morgan fingerprint density at radius 2 is 1.47 bits per heavy atom. The molecule has 0 rings (SSSR count). The first-order valence-corrected chi connectivity index (χ1v) is 10.5. The molecule has 0 bridgehead atoms. The molecule has 4 atom stereocenters. The number of hydrogen-bond acceptors (Lipinski definition) is 8. The van der Waals surface area contributed by atoms with Crippen molar-refractivity contribution >= 4 is 36.3 Å². The van der Waals surface area contributed by atoms with Crippen LogP contribution in [0.5, 0.6) is 0 Å². The molecule has 0 aliphatic carbocycles. The molecule has 0 saturated carbocycles. The van der Waals surface area contributed by atoms with Crippen molar-refractivity contribution in [2.75, 3.05) is 18.9 Å². The molecule has 11 nitrogen and oxygen atoms in total. The van der Waals surface area contributed by atoms with Gasteiger partial charge in [0.1, 0.15) is 18.1 Å². The van der Waals surface area contributed by atoms with E-state index < -0.39 is 54.5 Å². The Hall–Kier alpha value is -1.89. The van der Waals surface area contributed by atoms with Gasteiger partial charge < -0.3 is 37.6 Å². The largest absolute Gasteiger partial charge is 0.480 e. The van der Waals surface area contributed by atoms with Crippen LogP contribution in [0.2, 0.25) is 0 Å². The summed E-state index contributed by atoms with van der Waals surface area (Å²) in [5.41, 5.74) is 11.3. The third kappa shape index (κ3) is 10.8. The molecule has 4 unspecified atom stereocenters. The predicted molar refractivity (Wildman–Crippen MR) is 115 cm³/mol. The molecule has 30 heavy (non-hydrogen) atoms. The lowest BCUT2D eigenvalue weighted by atomic mass is 10.0. The first-order valence-electron chi connectivity index (χ1n) is 9.88. The Morgan fingerprint density at radius 3 is 1.93 bits per heavy atom. The number of nitrogens with two attached hydrogens (primary N) is 2. The number of carboxylic acid groups (broad SMARTS) is 1. The van der Waals surface area contributed by atoms with E-state index in [1.807, 2.05) is 13.8 Å². The third-order valence-electron chi connectivity index (χ3n) is 4.26. The standard InChI is InChI=1S/C18H35N5O6S/c1-10(2)7-12(21-15(25)11(20)5-3-4-6-19)16(26)23-14(9-30)17(27)22-13(8-24)18(28)29/h10-14,24,30H,3-9,19-20H2,1-2H3,(H,21,25)(H,22,27)(H,23,26)(H,28,29). The lowest BCUT2D eigenvalue weighted by molar-refractivity contribution is -0.143. The number of hydrogen-bond donors (Lipinski definition) is 8. The molecule has 0 saturated heterocycles. The maximum atomic E-state index is 12.7. The van der Waals surface area contributed by atoms with Crippen LogP contribution in [-0.2, 0) is 19.2 Å². The van der Waals surface area contributed by atoms with Crippen molar-refractivity contribution in [3.8, 4) is 0 Å². The second-order valence-electron chi connectivity index (χ2n) is 7.41. The first kappa shape index (κ1) is 28.1. The number of carbonyl (C=O) groups excluding carboxylic acids is 3. The van der Waals surface area contributed by atoms with Crippen LogP contribution in [0, 0.1) is 5.92 Å². The zero-order chi connectivity index (χ0) is 23.3. The van der Waals surface area contributed by atoms with E-state index in [0.717, 1.165) is 6.42 Å². The zero-order valence-corrected chi connectivity index (χ0v) is 18.4. The zero-order valence-electron chi connectivity index (χ0n) is 17.5. The van der Waals surface area contributed by atoms with Crippen LogP contribution in [0.3, 0.4) is 0 Å². The number of rotatable bonds is 15. The molecular formula is C18H35N5O6S. The van der Waals surface area contributed by atoms with Gasteiger partial charge in [-0.2, -0.15) is 12.6 Å². The molecular weight excluding hydrogens is 414 g/mol. The summed E-state index contributed by atoms with van der Waals surface area (Å²) in [6.07, 6.45) is 2.16. The Balaban J connectivity index is 5.08. The summed E-state index contributed by atoms with van der Waals surface area (Å²) in [6, 6.07) is -4.38.